The van der Waals surface area contributed by atoms with E-state index in [1.54, 1.807) is 0 Å². The highest BCUT2D eigenvalue weighted by molar-refractivity contribution is 7.85. The van der Waals surface area contributed by atoms with Gasteiger partial charge < -0.3 is 4.90 Å². The number of rotatable bonds is 1. The van der Waals surface area contributed by atoms with Gasteiger partial charge in [-0.15, -0.1) is 0 Å². The fraction of sp³-hybridized carbons (Fsp3) is 0.875. The van der Waals surface area contributed by atoms with Gasteiger partial charge >= 0.3 is 0 Å². The van der Waals surface area contributed by atoms with Crippen LogP contribution in [-0.2, 0) is 0 Å². The molecular formula is C8H16N2S. The summed E-state index contributed by atoms with van der Waals surface area (Å²) in [4.78, 5) is 2.53. The molecule has 0 aromatic rings. The maximum Gasteiger partial charge on any atom is 0.130 e. The van der Waals surface area contributed by atoms with E-state index in [1.165, 1.54) is 31.3 Å². The number of hydrogen-bond donors (Lipinski definition) is 1. The summed E-state index contributed by atoms with van der Waals surface area (Å²) in [7, 11) is 0. The first kappa shape index (κ1) is 10.8. The summed E-state index contributed by atoms with van der Waals surface area (Å²) in [6, 6.07) is 0.775. The van der Waals surface area contributed by atoms with Crippen LogP contribution in [0, 0.1) is 10.7 Å². The van der Waals surface area contributed by atoms with E-state index in [0.29, 0.717) is 0 Å². The van der Waals surface area contributed by atoms with Crippen molar-refractivity contribution >= 4 is 12.6 Å². The number of nitriles is 1. The minimum absolute atomic E-state index is 0.775. The van der Waals surface area contributed by atoms with Crippen LogP contribution in [0.5, 0.6) is 0 Å². The highest BCUT2D eigenvalue weighted by atomic mass is 32.1. The first-order valence-corrected chi connectivity index (χ1v) is 4.44. The molecule has 1 fully saturated rings. The van der Waals surface area contributed by atoms with Gasteiger partial charge in [-0.05, 0) is 39.8 Å². The molecule has 1 rings (SSSR count). The van der Waals surface area contributed by atoms with Crippen LogP contribution in [0.3, 0.4) is 0 Å². The quantitative estimate of drug-likeness (QED) is 0.483. The maximum atomic E-state index is 7.18. The van der Waals surface area contributed by atoms with Gasteiger partial charge in [0.1, 0.15) is 5.40 Å². The predicted octanol–water partition coefficient (Wildman–Crippen LogP) is 1.89. The SMILES string of the molecule is CC(C)N1CCCC1.N#CS. The number of thiol groups is 1. The van der Waals surface area contributed by atoms with Crippen LogP contribution in [-0.4, -0.2) is 24.0 Å². The van der Waals surface area contributed by atoms with Crippen molar-refractivity contribution in [2.75, 3.05) is 13.1 Å². The Hall–Kier alpha value is -0.200. The van der Waals surface area contributed by atoms with Gasteiger partial charge in [-0.3, -0.25) is 0 Å². The van der Waals surface area contributed by atoms with Gasteiger partial charge in [0.15, 0.2) is 0 Å². The molecule has 0 aromatic carbocycles. The van der Waals surface area contributed by atoms with Crippen molar-refractivity contribution in [2.24, 2.45) is 0 Å². The summed E-state index contributed by atoms with van der Waals surface area (Å²) in [5, 5.41) is 8.63. The van der Waals surface area contributed by atoms with E-state index in [2.05, 4.69) is 31.4 Å². The molecule has 1 aliphatic rings. The second-order valence-corrected chi connectivity index (χ2v) is 3.14. The third kappa shape index (κ3) is 5.11. The Morgan fingerprint density at radius 2 is 1.73 bits per heavy atom. The Morgan fingerprint density at radius 1 is 1.36 bits per heavy atom. The summed E-state index contributed by atoms with van der Waals surface area (Å²) in [6.07, 6.45) is 2.83. The molecule has 0 saturated carbocycles. The average Bonchev–Trinajstić information content (AvgIpc) is 2.38. The van der Waals surface area contributed by atoms with Gasteiger partial charge in [-0.25, -0.2) is 0 Å². The van der Waals surface area contributed by atoms with Crippen molar-refractivity contribution in [3.05, 3.63) is 0 Å². The summed E-state index contributed by atoms with van der Waals surface area (Å²) in [5.74, 6) is 0. The van der Waals surface area contributed by atoms with Gasteiger partial charge in [0.05, 0.1) is 0 Å². The topological polar surface area (TPSA) is 27.0 Å². The largest absolute Gasteiger partial charge is 0.301 e. The Labute approximate surface area is 74.6 Å². The van der Waals surface area contributed by atoms with E-state index < -0.39 is 0 Å². The highest BCUT2D eigenvalue weighted by Gasteiger charge is 2.13. The molecule has 0 unspecified atom stereocenters. The molecule has 0 atom stereocenters. The molecule has 0 aromatic heterocycles. The van der Waals surface area contributed by atoms with Crippen LogP contribution < -0.4 is 0 Å². The first-order valence-electron chi connectivity index (χ1n) is 3.99. The third-order valence-corrected chi connectivity index (χ3v) is 1.87. The smallest absolute Gasteiger partial charge is 0.130 e. The molecule has 64 valence electrons. The Kier molecular flexibility index (Phi) is 6.39. The molecule has 0 bridgehead atoms. The lowest BCUT2D eigenvalue weighted by Crippen LogP contribution is -2.26. The molecule has 0 amide bonds. The Morgan fingerprint density at radius 3 is 1.91 bits per heavy atom. The van der Waals surface area contributed by atoms with Crippen molar-refractivity contribution < 1.29 is 0 Å². The lowest BCUT2D eigenvalue weighted by molar-refractivity contribution is 0.276. The number of nitrogens with zero attached hydrogens (tertiary/aromatic N) is 2. The van der Waals surface area contributed by atoms with E-state index in [-0.39, 0.29) is 0 Å². The van der Waals surface area contributed by atoms with E-state index >= 15 is 0 Å². The van der Waals surface area contributed by atoms with E-state index in [0.717, 1.165) is 6.04 Å². The number of likely N-dealkylation sites (tertiary alicyclic amines) is 1. The molecule has 1 heterocycles. The molecule has 0 aliphatic carbocycles. The number of hydrogen-bond acceptors (Lipinski definition) is 3. The summed E-state index contributed by atoms with van der Waals surface area (Å²) < 4.78 is 0. The first-order chi connectivity index (χ1) is 5.22. The minimum atomic E-state index is 0.775. The second-order valence-electron chi connectivity index (χ2n) is 2.94. The van der Waals surface area contributed by atoms with E-state index in [1.807, 2.05) is 0 Å². The third-order valence-electron chi connectivity index (χ3n) is 1.87. The zero-order valence-electron chi connectivity index (χ0n) is 7.25. The Bertz CT molecular complexity index is 123. The van der Waals surface area contributed by atoms with E-state index in [9.17, 15) is 0 Å². The van der Waals surface area contributed by atoms with Gasteiger partial charge in [-0.2, -0.15) is 5.26 Å². The molecule has 1 saturated heterocycles. The normalized spacial score (nSPS) is 17.4. The van der Waals surface area contributed by atoms with Gasteiger partial charge in [-0.1, -0.05) is 12.6 Å². The molecule has 11 heavy (non-hydrogen) atoms. The zero-order chi connectivity index (χ0) is 8.69. The minimum Gasteiger partial charge on any atom is -0.301 e. The van der Waals surface area contributed by atoms with Crippen LogP contribution in [0.25, 0.3) is 0 Å². The van der Waals surface area contributed by atoms with Crippen molar-refractivity contribution in [2.45, 2.75) is 32.7 Å². The van der Waals surface area contributed by atoms with Crippen LogP contribution in [0.2, 0.25) is 0 Å². The monoisotopic (exact) mass is 172 g/mol. The molecular weight excluding hydrogens is 156 g/mol. The van der Waals surface area contributed by atoms with Gasteiger partial charge in [0.25, 0.3) is 0 Å². The molecule has 1 aliphatic heterocycles. The van der Waals surface area contributed by atoms with E-state index in [4.69, 9.17) is 5.26 Å². The zero-order valence-corrected chi connectivity index (χ0v) is 8.14. The summed E-state index contributed by atoms with van der Waals surface area (Å²) in [5.41, 5.74) is 0. The van der Waals surface area contributed by atoms with Crippen LogP contribution in [0.15, 0.2) is 0 Å². The van der Waals surface area contributed by atoms with Crippen molar-refractivity contribution in [1.82, 2.24) is 4.90 Å². The fourth-order valence-corrected chi connectivity index (χ4v) is 1.26. The standard InChI is InChI=1S/C7H15N.CHNS/c1-7(2)8-5-3-4-6-8;2-1-3/h7H,3-6H2,1-2H3;3H. The highest BCUT2D eigenvalue weighted by Crippen LogP contribution is 2.09. The summed E-state index contributed by atoms with van der Waals surface area (Å²) >= 11 is 3.09. The van der Waals surface area contributed by atoms with Crippen molar-refractivity contribution in [3.63, 3.8) is 0 Å². The molecule has 0 spiro atoms. The predicted molar refractivity (Wildman–Crippen MR) is 50.5 cm³/mol. The molecule has 0 N–H and O–H groups in total. The summed E-state index contributed by atoms with van der Waals surface area (Å²) in [6.45, 7) is 7.20. The average molecular weight is 172 g/mol. The number of thiocyanates is 1. The Balaban J connectivity index is 0.000000292. The van der Waals surface area contributed by atoms with Crippen molar-refractivity contribution in [3.8, 4) is 5.40 Å². The molecule has 3 heteroatoms. The van der Waals surface area contributed by atoms with Crippen molar-refractivity contribution in [1.29, 1.82) is 5.26 Å². The van der Waals surface area contributed by atoms with Crippen LogP contribution in [0.1, 0.15) is 26.7 Å². The lowest BCUT2D eigenvalue weighted by atomic mass is 10.3. The molecule has 0 radical (unpaired) electrons. The van der Waals surface area contributed by atoms with Gasteiger partial charge in [0.2, 0.25) is 0 Å². The maximum absolute atomic E-state index is 7.18. The van der Waals surface area contributed by atoms with Crippen LogP contribution >= 0.6 is 12.6 Å². The van der Waals surface area contributed by atoms with Gasteiger partial charge in [0, 0.05) is 6.04 Å². The molecule has 2 nitrogen and oxygen atoms in total. The fourth-order valence-electron chi connectivity index (χ4n) is 1.26. The lowest BCUT2D eigenvalue weighted by Gasteiger charge is -2.18. The second kappa shape index (κ2) is 6.51. The van der Waals surface area contributed by atoms with Crippen LogP contribution in [0.4, 0.5) is 0 Å².